The number of carbonyl (C=O) groups is 1. The van der Waals surface area contributed by atoms with Crippen LogP contribution in [0.1, 0.15) is 134 Å². The molecule has 10 nitrogen and oxygen atoms in total. The third kappa shape index (κ3) is 11.0. The molecule has 1 saturated carbocycles. The summed E-state index contributed by atoms with van der Waals surface area (Å²) in [6.07, 6.45) is 20.7. The fourth-order valence-corrected chi connectivity index (χ4v) is 8.86. The molecule has 0 aromatic heterocycles. The summed E-state index contributed by atoms with van der Waals surface area (Å²) in [5, 5.41) is 34.9. The summed E-state index contributed by atoms with van der Waals surface area (Å²) in [6, 6.07) is 4.60. The lowest BCUT2D eigenvalue weighted by atomic mass is 9.55. The Morgan fingerprint density at radius 1 is 0.981 bits per heavy atom. The molecule has 298 valence electrons. The van der Waals surface area contributed by atoms with Crippen LogP contribution in [-0.4, -0.2) is 83.9 Å². The number of fused-ring (bicyclic) bond motifs is 2. The highest BCUT2D eigenvalue weighted by Gasteiger charge is 2.65. The molecule has 1 amide bonds. The lowest BCUT2D eigenvalue weighted by Crippen LogP contribution is -2.69. The number of aliphatic hydroxyl groups excluding tert-OH is 2. The van der Waals surface area contributed by atoms with E-state index in [9.17, 15) is 20.1 Å². The molecule has 2 aliphatic carbocycles. The maximum absolute atomic E-state index is 13.9. The van der Waals surface area contributed by atoms with E-state index in [0.29, 0.717) is 38.2 Å². The number of unbranched alkanes of at least 4 members (excludes halogenated alkanes) is 11. The van der Waals surface area contributed by atoms with Crippen molar-refractivity contribution in [3.05, 3.63) is 48.1 Å². The quantitative estimate of drug-likeness (QED) is 0.0515. The van der Waals surface area contributed by atoms with E-state index in [1.807, 2.05) is 6.92 Å². The van der Waals surface area contributed by atoms with E-state index in [1.54, 1.807) is 36.2 Å². The van der Waals surface area contributed by atoms with Gasteiger partial charge in [0.05, 0.1) is 24.8 Å². The Labute approximate surface area is 318 Å². The highest BCUT2D eigenvalue weighted by atomic mass is 16.7. The van der Waals surface area contributed by atoms with E-state index >= 15 is 0 Å². The number of amides is 1. The van der Waals surface area contributed by atoms with Crippen LogP contribution < -0.4 is 4.74 Å². The number of phenolic OH excluding ortho intramolecular Hbond substituents is 1. The Morgan fingerprint density at radius 2 is 1.66 bits per heavy atom. The zero-order valence-electron chi connectivity index (χ0n) is 32.8. The van der Waals surface area contributed by atoms with Crippen LogP contribution in [0, 0.1) is 17.8 Å². The van der Waals surface area contributed by atoms with Crippen LogP contribution in [-0.2, 0) is 14.3 Å². The minimum Gasteiger partial charge on any atom is -0.508 e. The second-order valence-corrected chi connectivity index (χ2v) is 15.1. The molecule has 0 spiro atoms. The molecule has 6 atom stereocenters. The maximum atomic E-state index is 13.9. The number of aliphatic hydroxyl groups is 2. The third-order valence-corrected chi connectivity index (χ3v) is 11.4. The molecule has 3 aliphatic rings. The smallest absolute Gasteiger partial charge is 0.409 e. The summed E-state index contributed by atoms with van der Waals surface area (Å²) in [7, 11) is 1.75. The second-order valence-electron chi connectivity index (χ2n) is 15.1. The van der Waals surface area contributed by atoms with Crippen molar-refractivity contribution in [2.45, 2.75) is 141 Å². The SMILES string of the molecule is C=CCOC12Oc3ccc(O)cc3C3C(CCCCO)C(CCCCO)C=C(C(=NOCC)CC1N(C)C(=O)OCCCCCCCCCCCC)C32. The molecule has 1 heterocycles. The Morgan fingerprint density at radius 3 is 2.32 bits per heavy atom. The van der Waals surface area contributed by atoms with Gasteiger partial charge in [0, 0.05) is 38.2 Å². The Hall–Kier alpha value is -3.08. The molecule has 1 fully saturated rings. The number of carbonyl (C=O) groups excluding carboxylic acids is 1. The molecule has 53 heavy (non-hydrogen) atoms. The molecular weight excluding hydrogens is 672 g/mol. The molecule has 0 saturated heterocycles. The van der Waals surface area contributed by atoms with Crippen LogP contribution in [0.25, 0.3) is 0 Å². The first-order chi connectivity index (χ1) is 25.9. The van der Waals surface area contributed by atoms with Gasteiger partial charge < -0.3 is 39.3 Å². The lowest BCUT2D eigenvalue weighted by molar-refractivity contribution is -0.253. The Kier molecular flexibility index (Phi) is 18.0. The monoisotopic (exact) mass is 740 g/mol. The molecule has 3 N–H and O–H groups in total. The van der Waals surface area contributed by atoms with Crippen LogP contribution in [0.15, 0.2) is 47.7 Å². The van der Waals surface area contributed by atoms with E-state index in [1.165, 1.54) is 44.9 Å². The molecule has 0 bridgehead atoms. The van der Waals surface area contributed by atoms with Crippen molar-refractivity contribution in [3.63, 3.8) is 0 Å². The van der Waals surface area contributed by atoms with Gasteiger partial charge in [0.25, 0.3) is 0 Å². The molecular formula is C43H68N2O8. The Bertz CT molecular complexity index is 1330. The van der Waals surface area contributed by atoms with E-state index in [0.717, 1.165) is 61.8 Å². The summed E-state index contributed by atoms with van der Waals surface area (Å²) in [6.45, 7) is 9.27. The average molecular weight is 741 g/mol. The fourth-order valence-electron chi connectivity index (χ4n) is 8.86. The van der Waals surface area contributed by atoms with Gasteiger partial charge in [0.1, 0.15) is 24.1 Å². The van der Waals surface area contributed by atoms with Crippen LogP contribution >= 0.6 is 0 Å². The van der Waals surface area contributed by atoms with Crippen molar-refractivity contribution >= 4 is 11.8 Å². The number of likely N-dealkylation sites (N-methyl/N-ethyl adjacent to an activating group) is 1. The number of phenols is 1. The summed E-state index contributed by atoms with van der Waals surface area (Å²) in [4.78, 5) is 21.3. The van der Waals surface area contributed by atoms with Crippen molar-refractivity contribution in [1.29, 1.82) is 0 Å². The number of oxime groups is 1. The number of hydrogen-bond acceptors (Lipinski definition) is 9. The molecule has 1 aliphatic heterocycles. The number of ether oxygens (including phenoxy) is 3. The number of nitrogens with zero attached hydrogens (tertiary/aromatic N) is 2. The molecule has 6 unspecified atom stereocenters. The number of rotatable bonds is 25. The number of aromatic hydroxyl groups is 1. The van der Waals surface area contributed by atoms with Gasteiger partial charge in [0.2, 0.25) is 5.79 Å². The Balaban J connectivity index is 1.67. The van der Waals surface area contributed by atoms with E-state index in [-0.39, 0.29) is 43.3 Å². The van der Waals surface area contributed by atoms with Crippen molar-refractivity contribution in [3.8, 4) is 11.5 Å². The van der Waals surface area contributed by atoms with Gasteiger partial charge in [0.15, 0.2) is 0 Å². The standard InChI is InChI=1S/C43H68N2O8/c1-5-8-9-10-11-12-13-14-15-20-28-50-42(49)45(4)39-31-37(44-52-7-3)35-29-32(21-16-18-25-46)34(22-17-19-26-47)40-36-30-33(48)23-24-38(36)53-43(39,41(35)40)51-27-6-2/h6,23-24,29-30,32,34,39-41,46-48H,2,5,7-22,25-28,31H2,1,3-4H3. The second kappa shape index (κ2) is 22.3. The highest BCUT2D eigenvalue weighted by Crippen LogP contribution is 2.61. The predicted octanol–water partition coefficient (Wildman–Crippen LogP) is 9.04. The molecule has 1 aromatic rings. The summed E-state index contributed by atoms with van der Waals surface area (Å²) < 4.78 is 19.8. The van der Waals surface area contributed by atoms with Crippen LogP contribution in [0.5, 0.6) is 11.5 Å². The maximum Gasteiger partial charge on any atom is 0.409 e. The van der Waals surface area contributed by atoms with Gasteiger partial charge in [-0.1, -0.05) is 94.9 Å². The first kappa shape index (κ1) is 42.7. The van der Waals surface area contributed by atoms with Crippen LogP contribution in [0.4, 0.5) is 4.79 Å². The van der Waals surface area contributed by atoms with Gasteiger partial charge in [-0.2, -0.15) is 0 Å². The number of allylic oxidation sites excluding steroid dienone is 1. The van der Waals surface area contributed by atoms with E-state index < -0.39 is 23.8 Å². The van der Waals surface area contributed by atoms with E-state index in [4.69, 9.17) is 19.0 Å². The van der Waals surface area contributed by atoms with Crippen molar-refractivity contribution in [2.75, 3.05) is 40.1 Å². The molecule has 1 aromatic carbocycles. The zero-order valence-corrected chi connectivity index (χ0v) is 32.8. The van der Waals surface area contributed by atoms with Crippen molar-refractivity contribution < 1.29 is 39.2 Å². The third-order valence-electron chi connectivity index (χ3n) is 11.4. The molecule has 4 rings (SSSR count). The van der Waals surface area contributed by atoms with Crippen molar-refractivity contribution in [2.24, 2.45) is 22.9 Å². The highest BCUT2D eigenvalue weighted by molar-refractivity contribution is 6.02. The summed E-state index contributed by atoms with van der Waals surface area (Å²) >= 11 is 0. The van der Waals surface area contributed by atoms with Gasteiger partial charge in [-0.05, 0) is 74.6 Å². The number of benzene rings is 1. The lowest BCUT2D eigenvalue weighted by Gasteiger charge is -2.59. The largest absolute Gasteiger partial charge is 0.508 e. The van der Waals surface area contributed by atoms with Gasteiger partial charge in [-0.3, -0.25) is 0 Å². The van der Waals surface area contributed by atoms with Gasteiger partial charge in [-0.25, -0.2) is 4.79 Å². The average Bonchev–Trinajstić information content (AvgIpc) is 3.16. The first-order valence-electron chi connectivity index (χ1n) is 20.7. The first-order valence-corrected chi connectivity index (χ1v) is 20.7. The minimum atomic E-state index is -1.32. The normalized spacial score (nSPS) is 25.2. The van der Waals surface area contributed by atoms with Gasteiger partial charge in [-0.15, -0.1) is 6.58 Å². The minimum absolute atomic E-state index is 0.103. The van der Waals surface area contributed by atoms with Crippen LogP contribution in [0.3, 0.4) is 0 Å². The number of hydrogen-bond donors (Lipinski definition) is 3. The topological polar surface area (TPSA) is 130 Å². The molecule has 0 radical (unpaired) electrons. The fraction of sp³-hybridized carbons (Fsp3) is 0.721. The molecule has 10 heteroatoms. The van der Waals surface area contributed by atoms with Crippen LogP contribution in [0.2, 0.25) is 0 Å². The zero-order chi connectivity index (χ0) is 38.1. The van der Waals surface area contributed by atoms with E-state index in [2.05, 4.69) is 24.7 Å². The predicted molar refractivity (Wildman–Crippen MR) is 209 cm³/mol. The summed E-state index contributed by atoms with van der Waals surface area (Å²) in [5.74, 6) is -0.898. The van der Waals surface area contributed by atoms with Crippen molar-refractivity contribution in [1.82, 2.24) is 4.90 Å². The summed E-state index contributed by atoms with van der Waals surface area (Å²) in [5.41, 5.74) is 2.60. The van der Waals surface area contributed by atoms with Gasteiger partial charge >= 0.3 is 6.09 Å².